The third kappa shape index (κ3) is 5.02. The van der Waals surface area contributed by atoms with Crippen molar-refractivity contribution in [2.45, 2.75) is 24.7 Å². The summed E-state index contributed by atoms with van der Waals surface area (Å²) in [6, 6.07) is 18.0. The maximum Gasteiger partial charge on any atom is 0.263 e. The molecule has 3 aromatic rings. The van der Waals surface area contributed by atoms with E-state index in [9.17, 15) is 18.0 Å². The number of rotatable bonds is 6. The summed E-state index contributed by atoms with van der Waals surface area (Å²) in [6.45, 7) is 2.47. The summed E-state index contributed by atoms with van der Waals surface area (Å²) in [5.74, 6) is -0.398. The fourth-order valence-electron chi connectivity index (χ4n) is 3.59. The van der Waals surface area contributed by atoms with Gasteiger partial charge in [0, 0.05) is 29.9 Å². The molecule has 0 spiro atoms. The third-order valence-electron chi connectivity index (χ3n) is 5.38. The van der Waals surface area contributed by atoms with Crippen LogP contribution in [-0.4, -0.2) is 26.8 Å². The molecule has 1 aliphatic heterocycles. The van der Waals surface area contributed by atoms with E-state index in [0.29, 0.717) is 24.3 Å². The largest absolute Gasteiger partial charge is 0.322 e. The van der Waals surface area contributed by atoms with Crippen molar-refractivity contribution >= 4 is 50.5 Å². The number of sulfonamides is 1. The Morgan fingerprint density at radius 1 is 1.03 bits per heavy atom. The topological polar surface area (TPSA) is 95.6 Å². The van der Waals surface area contributed by atoms with Crippen LogP contribution in [0.3, 0.4) is 0 Å². The van der Waals surface area contributed by atoms with Crippen molar-refractivity contribution in [1.82, 2.24) is 0 Å². The van der Waals surface area contributed by atoms with Crippen molar-refractivity contribution in [3.63, 3.8) is 0 Å². The normalized spacial score (nSPS) is 13.8. The molecule has 33 heavy (non-hydrogen) atoms. The van der Waals surface area contributed by atoms with Gasteiger partial charge in [0.25, 0.3) is 15.9 Å². The molecule has 9 heteroatoms. The first-order chi connectivity index (χ1) is 15.7. The van der Waals surface area contributed by atoms with Crippen LogP contribution >= 0.6 is 11.6 Å². The van der Waals surface area contributed by atoms with Gasteiger partial charge in [0.1, 0.15) is 4.90 Å². The standard InChI is InChI=1S/C24H22ClN3O4S/c1-16-5-2-3-6-21(16)27-33(31,32)22-15-17(8-13-20(22)25)24(30)26-18-9-11-19(12-10-18)28-14-4-7-23(28)29/h2-3,5-6,8-13,15,27H,4,7,14H2,1H3,(H,26,30). The van der Waals surface area contributed by atoms with Crippen LogP contribution in [0.1, 0.15) is 28.8 Å². The quantitative estimate of drug-likeness (QED) is 0.525. The maximum absolute atomic E-state index is 12.9. The second-order valence-electron chi connectivity index (χ2n) is 7.72. The van der Waals surface area contributed by atoms with E-state index in [-0.39, 0.29) is 21.4 Å². The highest BCUT2D eigenvalue weighted by Crippen LogP contribution is 2.27. The first-order valence-corrected chi connectivity index (χ1v) is 12.2. The molecule has 0 unspecified atom stereocenters. The summed E-state index contributed by atoms with van der Waals surface area (Å²) in [6.07, 6.45) is 1.37. The molecule has 1 heterocycles. The number of amides is 2. The summed E-state index contributed by atoms with van der Waals surface area (Å²) in [5.41, 5.74) is 2.62. The lowest BCUT2D eigenvalue weighted by atomic mass is 10.2. The zero-order valence-corrected chi connectivity index (χ0v) is 19.4. The summed E-state index contributed by atoms with van der Waals surface area (Å²) in [4.78, 5) is 26.2. The van der Waals surface area contributed by atoms with Gasteiger partial charge in [-0.05, 0) is 67.4 Å². The summed E-state index contributed by atoms with van der Waals surface area (Å²) >= 11 is 6.16. The minimum absolute atomic E-state index is 0.00673. The second kappa shape index (κ2) is 9.25. The molecule has 0 bridgehead atoms. The molecule has 170 valence electrons. The molecule has 0 radical (unpaired) electrons. The Hall–Kier alpha value is -3.36. The van der Waals surface area contributed by atoms with Crippen LogP contribution in [0.25, 0.3) is 0 Å². The van der Waals surface area contributed by atoms with Gasteiger partial charge < -0.3 is 10.2 Å². The molecule has 4 rings (SSSR count). The van der Waals surface area contributed by atoms with Crippen molar-refractivity contribution in [2.75, 3.05) is 21.5 Å². The average Bonchev–Trinajstić information content (AvgIpc) is 3.21. The van der Waals surface area contributed by atoms with Gasteiger partial charge in [0.2, 0.25) is 5.91 Å². The smallest absolute Gasteiger partial charge is 0.263 e. The lowest BCUT2D eigenvalue weighted by molar-refractivity contribution is -0.117. The Labute approximate surface area is 197 Å². The lowest BCUT2D eigenvalue weighted by Gasteiger charge is -2.16. The van der Waals surface area contributed by atoms with Gasteiger partial charge in [-0.2, -0.15) is 0 Å². The predicted octanol–water partition coefficient (Wildman–Crippen LogP) is 4.83. The molecule has 2 N–H and O–H groups in total. The number of anilines is 3. The Morgan fingerprint density at radius 3 is 2.42 bits per heavy atom. The highest BCUT2D eigenvalue weighted by molar-refractivity contribution is 7.92. The second-order valence-corrected chi connectivity index (χ2v) is 9.77. The fraction of sp³-hybridized carbons (Fsp3) is 0.167. The van der Waals surface area contributed by atoms with E-state index in [2.05, 4.69) is 10.0 Å². The zero-order valence-electron chi connectivity index (χ0n) is 17.8. The molecule has 1 fully saturated rings. The van der Waals surface area contributed by atoms with Gasteiger partial charge in [-0.3, -0.25) is 14.3 Å². The lowest BCUT2D eigenvalue weighted by Crippen LogP contribution is -2.23. The summed E-state index contributed by atoms with van der Waals surface area (Å²) < 4.78 is 28.4. The molecule has 0 atom stereocenters. The Bertz CT molecular complexity index is 1320. The number of nitrogens with zero attached hydrogens (tertiary/aromatic N) is 1. The van der Waals surface area contributed by atoms with Crippen LogP contribution in [-0.2, 0) is 14.8 Å². The Morgan fingerprint density at radius 2 is 1.76 bits per heavy atom. The van der Waals surface area contributed by atoms with E-state index in [1.165, 1.54) is 18.2 Å². The van der Waals surface area contributed by atoms with Crippen LogP contribution in [0.2, 0.25) is 5.02 Å². The van der Waals surface area contributed by atoms with Gasteiger partial charge >= 0.3 is 0 Å². The zero-order chi connectivity index (χ0) is 23.6. The molecule has 2 amide bonds. The molecule has 1 aliphatic rings. The molecule has 0 aliphatic carbocycles. The number of hydrogen-bond acceptors (Lipinski definition) is 4. The highest BCUT2D eigenvalue weighted by atomic mass is 35.5. The van der Waals surface area contributed by atoms with Crippen LogP contribution in [0.15, 0.2) is 71.6 Å². The highest BCUT2D eigenvalue weighted by Gasteiger charge is 2.23. The SMILES string of the molecule is Cc1ccccc1NS(=O)(=O)c1cc(C(=O)Nc2ccc(N3CCCC3=O)cc2)ccc1Cl. The van der Waals surface area contributed by atoms with Crippen molar-refractivity contribution in [2.24, 2.45) is 0 Å². The van der Waals surface area contributed by atoms with E-state index >= 15 is 0 Å². The van der Waals surface area contributed by atoms with Crippen LogP contribution in [0, 0.1) is 6.92 Å². The van der Waals surface area contributed by atoms with Crippen molar-refractivity contribution < 1.29 is 18.0 Å². The maximum atomic E-state index is 12.9. The first-order valence-electron chi connectivity index (χ1n) is 10.3. The third-order valence-corrected chi connectivity index (χ3v) is 7.23. The first kappa shape index (κ1) is 22.8. The molecular formula is C24H22ClN3O4S. The number of carbonyl (C=O) groups excluding carboxylic acids is 2. The summed E-state index contributed by atoms with van der Waals surface area (Å²) in [5, 5.41) is 2.75. The van der Waals surface area contributed by atoms with Crippen LogP contribution < -0.4 is 14.9 Å². The van der Waals surface area contributed by atoms with E-state index < -0.39 is 15.9 Å². The molecule has 1 saturated heterocycles. The number of para-hydroxylation sites is 1. The average molecular weight is 484 g/mol. The number of carbonyl (C=O) groups is 2. The van der Waals surface area contributed by atoms with Crippen LogP contribution in [0.4, 0.5) is 17.1 Å². The van der Waals surface area contributed by atoms with E-state index in [0.717, 1.165) is 17.7 Å². The number of benzene rings is 3. The summed E-state index contributed by atoms with van der Waals surface area (Å²) in [7, 11) is -4.02. The number of halogens is 1. The molecule has 0 saturated carbocycles. The number of hydrogen-bond donors (Lipinski definition) is 2. The Kier molecular flexibility index (Phi) is 6.40. The van der Waals surface area contributed by atoms with Gasteiger partial charge in [-0.15, -0.1) is 0 Å². The van der Waals surface area contributed by atoms with Crippen molar-refractivity contribution in [3.8, 4) is 0 Å². The molecule has 3 aromatic carbocycles. The Balaban J connectivity index is 1.53. The molecule has 0 aromatic heterocycles. The van der Waals surface area contributed by atoms with E-state index in [4.69, 9.17) is 11.6 Å². The number of nitrogens with one attached hydrogen (secondary N) is 2. The van der Waals surface area contributed by atoms with Crippen molar-refractivity contribution in [3.05, 3.63) is 82.9 Å². The van der Waals surface area contributed by atoms with Gasteiger partial charge in [0.05, 0.1) is 10.7 Å². The number of aryl methyl sites for hydroxylation is 1. The van der Waals surface area contributed by atoms with E-state index in [1.807, 2.05) is 0 Å². The van der Waals surface area contributed by atoms with Crippen LogP contribution in [0.5, 0.6) is 0 Å². The minimum Gasteiger partial charge on any atom is -0.322 e. The van der Waals surface area contributed by atoms with E-state index in [1.54, 1.807) is 60.4 Å². The van der Waals surface area contributed by atoms with Gasteiger partial charge in [-0.1, -0.05) is 29.8 Å². The molecule has 7 nitrogen and oxygen atoms in total. The van der Waals surface area contributed by atoms with Gasteiger partial charge in [0.15, 0.2) is 0 Å². The minimum atomic E-state index is -4.02. The van der Waals surface area contributed by atoms with Gasteiger partial charge in [-0.25, -0.2) is 8.42 Å². The van der Waals surface area contributed by atoms with Crippen molar-refractivity contribution in [1.29, 1.82) is 0 Å². The fourth-order valence-corrected chi connectivity index (χ4v) is 5.24. The monoisotopic (exact) mass is 483 g/mol. The predicted molar refractivity (Wildman–Crippen MR) is 129 cm³/mol. The molecular weight excluding hydrogens is 462 g/mol.